The van der Waals surface area contributed by atoms with E-state index in [1.165, 1.54) is 0 Å². The maximum absolute atomic E-state index is 12.4. The average molecular weight is 411 g/mol. The van der Waals surface area contributed by atoms with E-state index in [9.17, 15) is 9.59 Å². The second kappa shape index (κ2) is 9.04. The van der Waals surface area contributed by atoms with Crippen LogP contribution in [0.2, 0.25) is 0 Å². The SMILES string of the molecule is Cc1nc(-c2cccc(NC(=O)CNC(=O)c3ccc(-c4ccccc4)cc3)c2)n[nH]1. The van der Waals surface area contributed by atoms with Crippen LogP contribution in [-0.4, -0.2) is 33.5 Å². The smallest absolute Gasteiger partial charge is 0.251 e. The second-order valence-corrected chi connectivity index (χ2v) is 7.00. The summed E-state index contributed by atoms with van der Waals surface area (Å²) in [6.45, 7) is 1.68. The molecule has 7 nitrogen and oxygen atoms in total. The van der Waals surface area contributed by atoms with E-state index >= 15 is 0 Å². The molecule has 154 valence electrons. The third-order valence-corrected chi connectivity index (χ3v) is 4.67. The van der Waals surface area contributed by atoms with Crippen LogP contribution in [0.1, 0.15) is 16.2 Å². The lowest BCUT2D eigenvalue weighted by Gasteiger charge is -2.08. The molecule has 0 aliphatic rings. The number of nitrogens with zero attached hydrogens (tertiary/aromatic N) is 2. The largest absolute Gasteiger partial charge is 0.343 e. The lowest BCUT2D eigenvalue weighted by molar-refractivity contribution is -0.115. The first-order chi connectivity index (χ1) is 15.1. The number of benzene rings is 3. The van der Waals surface area contributed by atoms with Gasteiger partial charge in [-0.25, -0.2) is 4.98 Å². The Balaban J connectivity index is 1.33. The summed E-state index contributed by atoms with van der Waals surface area (Å²) in [4.78, 5) is 28.9. The Labute approximate surface area is 179 Å². The van der Waals surface area contributed by atoms with Crippen molar-refractivity contribution in [2.45, 2.75) is 6.92 Å². The molecule has 0 saturated carbocycles. The van der Waals surface area contributed by atoms with Crippen molar-refractivity contribution in [3.8, 4) is 22.5 Å². The molecule has 1 aromatic heterocycles. The number of hydrogen-bond donors (Lipinski definition) is 3. The minimum Gasteiger partial charge on any atom is -0.343 e. The van der Waals surface area contributed by atoms with Crippen LogP contribution in [-0.2, 0) is 4.79 Å². The summed E-state index contributed by atoms with van der Waals surface area (Å²) >= 11 is 0. The standard InChI is InChI=1S/C24H21N5O2/c1-16-26-23(29-28-16)20-8-5-9-21(14-20)27-22(30)15-25-24(31)19-12-10-18(11-13-19)17-6-3-2-4-7-17/h2-14H,15H2,1H3,(H,25,31)(H,27,30)(H,26,28,29). The fourth-order valence-corrected chi connectivity index (χ4v) is 3.12. The Morgan fingerprint density at radius 3 is 2.29 bits per heavy atom. The monoisotopic (exact) mass is 411 g/mol. The van der Waals surface area contributed by atoms with Gasteiger partial charge in [0.15, 0.2) is 5.82 Å². The molecule has 4 aromatic rings. The number of amides is 2. The van der Waals surface area contributed by atoms with Crippen molar-refractivity contribution in [1.29, 1.82) is 0 Å². The van der Waals surface area contributed by atoms with Gasteiger partial charge in [0.05, 0.1) is 6.54 Å². The zero-order valence-electron chi connectivity index (χ0n) is 16.9. The zero-order chi connectivity index (χ0) is 21.6. The summed E-state index contributed by atoms with van der Waals surface area (Å²) in [5, 5.41) is 12.3. The Kier molecular flexibility index (Phi) is 5.84. The quantitative estimate of drug-likeness (QED) is 0.449. The molecule has 0 saturated heterocycles. The van der Waals surface area contributed by atoms with E-state index in [1.807, 2.05) is 61.5 Å². The van der Waals surface area contributed by atoms with Crippen LogP contribution in [0.15, 0.2) is 78.9 Å². The number of carbonyl (C=O) groups is 2. The van der Waals surface area contributed by atoms with Gasteiger partial charge in [-0.15, -0.1) is 0 Å². The molecular weight excluding hydrogens is 390 g/mol. The number of rotatable bonds is 6. The van der Waals surface area contributed by atoms with E-state index < -0.39 is 0 Å². The summed E-state index contributed by atoms with van der Waals surface area (Å²) in [6.07, 6.45) is 0. The highest BCUT2D eigenvalue weighted by molar-refractivity contribution is 5.99. The molecule has 2 amide bonds. The van der Waals surface area contributed by atoms with Gasteiger partial charge < -0.3 is 10.6 Å². The summed E-state index contributed by atoms with van der Waals surface area (Å²) in [5.74, 6) is 0.641. The number of aromatic nitrogens is 3. The highest BCUT2D eigenvalue weighted by Crippen LogP contribution is 2.20. The van der Waals surface area contributed by atoms with Crippen molar-refractivity contribution in [1.82, 2.24) is 20.5 Å². The van der Waals surface area contributed by atoms with Crippen molar-refractivity contribution in [3.05, 3.63) is 90.3 Å². The molecule has 0 aliphatic carbocycles. The maximum atomic E-state index is 12.4. The van der Waals surface area contributed by atoms with Gasteiger partial charge in [-0.05, 0) is 42.3 Å². The molecule has 1 heterocycles. The van der Waals surface area contributed by atoms with E-state index in [0.29, 0.717) is 22.9 Å². The van der Waals surface area contributed by atoms with Gasteiger partial charge in [-0.2, -0.15) is 5.10 Å². The minimum absolute atomic E-state index is 0.136. The van der Waals surface area contributed by atoms with Gasteiger partial charge in [0.1, 0.15) is 5.82 Å². The van der Waals surface area contributed by atoms with Gasteiger partial charge in [0, 0.05) is 16.8 Å². The van der Waals surface area contributed by atoms with Crippen LogP contribution in [0.4, 0.5) is 5.69 Å². The predicted octanol–water partition coefficient (Wildman–Crippen LogP) is 3.82. The van der Waals surface area contributed by atoms with Gasteiger partial charge in [-0.1, -0.05) is 54.6 Å². The summed E-state index contributed by atoms with van der Waals surface area (Å²) in [5.41, 5.74) is 3.98. The zero-order valence-corrected chi connectivity index (χ0v) is 16.9. The lowest BCUT2D eigenvalue weighted by Crippen LogP contribution is -2.32. The first-order valence-electron chi connectivity index (χ1n) is 9.81. The molecule has 0 spiro atoms. The molecule has 3 N–H and O–H groups in total. The van der Waals surface area contributed by atoms with Crippen LogP contribution in [0, 0.1) is 6.92 Å². The van der Waals surface area contributed by atoms with Gasteiger partial charge in [0.25, 0.3) is 5.91 Å². The first kappa shape index (κ1) is 20.0. The van der Waals surface area contributed by atoms with Gasteiger partial charge in [0.2, 0.25) is 5.91 Å². The highest BCUT2D eigenvalue weighted by atomic mass is 16.2. The number of carbonyl (C=O) groups excluding carboxylic acids is 2. The van der Waals surface area contributed by atoms with E-state index in [2.05, 4.69) is 25.8 Å². The molecule has 0 aliphatic heterocycles. The number of hydrogen-bond acceptors (Lipinski definition) is 4. The van der Waals surface area contributed by atoms with Crippen LogP contribution >= 0.6 is 0 Å². The Morgan fingerprint density at radius 2 is 1.58 bits per heavy atom. The number of aryl methyl sites for hydroxylation is 1. The molecule has 0 atom stereocenters. The van der Waals surface area contributed by atoms with Crippen molar-refractivity contribution in [3.63, 3.8) is 0 Å². The van der Waals surface area contributed by atoms with Crippen LogP contribution in [0.25, 0.3) is 22.5 Å². The van der Waals surface area contributed by atoms with Gasteiger partial charge in [-0.3, -0.25) is 14.7 Å². The number of H-pyrrole nitrogens is 1. The molecular formula is C24H21N5O2. The summed E-state index contributed by atoms with van der Waals surface area (Å²) < 4.78 is 0. The molecule has 0 radical (unpaired) electrons. The fraction of sp³-hybridized carbons (Fsp3) is 0.0833. The third-order valence-electron chi connectivity index (χ3n) is 4.67. The normalized spacial score (nSPS) is 10.5. The molecule has 0 unspecified atom stereocenters. The van der Waals surface area contributed by atoms with E-state index in [1.54, 1.807) is 24.3 Å². The number of nitrogens with one attached hydrogen (secondary N) is 3. The van der Waals surface area contributed by atoms with Crippen LogP contribution in [0.5, 0.6) is 0 Å². The summed E-state index contributed by atoms with van der Waals surface area (Å²) in [7, 11) is 0. The van der Waals surface area contributed by atoms with Crippen molar-refractivity contribution >= 4 is 17.5 Å². The Bertz CT molecular complexity index is 1200. The van der Waals surface area contributed by atoms with Crippen molar-refractivity contribution in [2.75, 3.05) is 11.9 Å². The molecule has 3 aromatic carbocycles. The molecule has 0 bridgehead atoms. The summed E-state index contributed by atoms with van der Waals surface area (Å²) in [6, 6.07) is 24.4. The lowest BCUT2D eigenvalue weighted by atomic mass is 10.0. The number of aromatic amines is 1. The van der Waals surface area contributed by atoms with E-state index in [4.69, 9.17) is 0 Å². The third kappa shape index (κ3) is 5.02. The molecule has 0 fully saturated rings. The Hall–Kier alpha value is -4.26. The Morgan fingerprint density at radius 1 is 0.871 bits per heavy atom. The number of anilines is 1. The van der Waals surface area contributed by atoms with E-state index in [-0.39, 0.29) is 18.4 Å². The fourth-order valence-electron chi connectivity index (χ4n) is 3.12. The van der Waals surface area contributed by atoms with Crippen molar-refractivity contribution < 1.29 is 9.59 Å². The van der Waals surface area contributed by atoms with Crippen LogP contribution < -0.4 is 10.6 Å². The van der Waals surface area contributed by atoms with E-state index in [0.717, 1.165) is 16.7 Å². The van der Waals surface area contributed by atoms with Crippen molar-refractivity contribution in [2.24, 2.45) is 0 Å². The maximum Gasteiger partial charge on any atom is 0.251 e. The average Bonchev–Trinajstić information content (AvgIpc) is 3.25. The molecule has 4 rings (SSSR count). The first-order valence-corrected chi connectivity index (χ1v) is 9.81. The molecule has 7 heteroatoms. The molecule has 31 heavy (non-hydrogen) atoms. The minimum atomic E-state index is -0.322. The van der Waals surface area contributed by atoms with Crippen LogP contribution in [0.3, 0.4) is 0 Å². The topological polar surface area (TPSA) is 99.8 Å². The van der Waals surface area contributed by atoms with Gasteiger partial charge >= 0.3 is 0 Å². The second-order valence-electron chi connectivity index (χ2n) is 7.00. The highest BCUT2D eigenvalue weighted by Gasteiger charge is 2.10. The predicted molar refractivity (Wildman–Crippen MR) is 119 cm³/mol.